The van der Waals surface area contributed by atoms with Crippen LogP contribution in [0.5, 0.6) is 0 Å². The van der Waals surface area contributed by atoms with Crippen LogP contribution in [-0.2, 0) is 16.1 Å². The quantitative estimate of drug-likeness (QED) is 0.637. The van der Waals surface area contributed by atoms with Crippen LogP contribution in [-0.4, -0.2) is 43.2 Å². The van der Waals surface area contributed by atoms with Gasteiger partial charge in [0, 0.05) is 37.4 Å². The largest absolute Gasteiger partial charge is 0.378 e. The van der Waals surface area contributed by atoms with Crippen molar-refractivity contribution in [3.05, 3.63) is 53.7 Å². The fourth-order valence-corrected chi connectivity index (χ4v) is 3.49. The van der Waals surface area contributed by atoms with Crippen molar-refractivity contribution in [2.75, 3.05) is 36.5 Å². The number of carbonyl (C=O) groups is 2. The van der Waals surface area contributed by atoms with Crippen LogP contribution in [0.3, 0.4) is 0 Å². The van der Waals surface area contributed by atoms with E-state index in [4.69, 9.17) is 4.74 Å². The van der Waals surface area contributed by atoms with E-state index in [1.54, 1.807) is 6.20 Å². The highest BCUT2D eigenvalue weighted by Crippen LogP contribution is 2.30. The van der Waals surface area contributed by atoms with Gasteiger partial charge in [-0.05, 0) is 55.2 Å². The standard InChI is InChI=1S/C23H29N5O3/c1-16(18-4-6-20(7-5-18)27-22(29)19-2-3-19)26-23(30)25-15-17-8-9-24-21(14-17)28-10-12-31-13-11-28/h4-9,14,16,19H,2-3,10-13,15H2,1H3,(H,27,29)(H2,25,26,30). The summed E-state index contributed by atoms with van der Waals surface area (Å²) in [4.78, 5) is 30.8. The third-order valence-electron chi connectivity index (χ3n) is 5.57. The van der Waals surface area contributed by atoms with Crippen molar-refractivity contribution >= 4 is 23.4 Å². The van der Waals surface area contributed by atoms with E-state index in [2.05, 4.69) is 25.8 Å². The van der Waals surface area contributed by atoms with Crippen LogP contribution in [0.25, 0.3) is 0 Å². The Morgan fingerprint density at radius 1 is 1.16 bits per heavy atom. The van der Waals surface area contributed by atoms with Crippen LogP contribution in [0.15, 0.2) is 42.6 Å². The van der Waals surface area contributed by atoms with Gasteiger partial charge in [-0.1, -0.05) is 12.1 Å². The maximum Gasteiger partial charge on any atom is 0.315 e. The first kappa shape index (κ1) is 21.1. The number of anilines is 2. The van der Waals surface area contributed by atoms with Gasteiger partial charge in [0.1, 0.15) is 5.82 Å². The first-order valence-corrected chi connectivity index (χ1v) is 10.8. The number of aromatic nitrogens is 1. The second-order valence-electron chi connectivity index (χ2n) is 8.06. The predicted molar refractivity (Wildman–Crippen MR) is 119 cm³/mol. The summed E-state index contributed by atoms with van der Waals surface area (Å²) in [6, 6.07) is 11.1. The molecule has 0 radical (unpaired) electrons. The molecule has 0 spiro atoms. The minimum Gasteiger partial charge on any atom is -0.378 e. The first-order valence-electron chi connectivity index (χ1n) is 10.8. The van der Waals surface area contributed by atoms with Gasteiger partial charge in [0.25, 0.3) is 0 Å². The van der Waals surface area contributed by atoms with E-state index in [9.17, 15) is 9.59 Å². The Bertz CT molecular complexity index is 908. The van der Waals surface area contributed by atoms with Gasteiger partial charge in [0.2, 0.25) is 5.91 Å². The molecule has 1 aliphatic carbocycles. The average Bonchev–Trinajstić information content (AvgIpc) is 3.65. The molecule has 1 saturated carbocycles. The maximum absolute atomic E-state index is 12.4. The third kappa shape index (κ3) is 5.95. The summed E-state index contributed by atoms with van der Waals surface area (Å²) in [5, 5.41) is 8.78. The number of pyridine rings is 1. The van der Waals surface area contributed by atoms with Crippen molar-refractivity contribution in [3.63, 3.8) is 0 Å². The molecule has 2 fully saturated rings. The lowest BCUT2D eigenvalue weighted by atomic mass is 10.1. The number of rotatable bonds is 7. The van der Waals surface area contributed by atoms with E-state index >= 15 is 0 Å². The Balaban J connectivity index is 1.25. The van der Waals surface area contributed by atoms with Crippen molar-refractivity contribution in [2.45, 2.75) is 32.4 Å². The average molecular weight is 424 g/mol. The second kappa shape index (κ2) is 9.78. The molecule has 2 aromatic rings. The first-order chi connectivity index (χ1) is 15.1. The molecule has 1 aliphatic heterocycles. The fourth-order valence-electron chi connectivity index (χ4n) is 3.49. The Morgan fingerprint density at radius 3 is 2.61 bits per heavy atom. The zero-order valence-corrected chi connectivity index (χ0v) is 17.8. The zero-order chi connectivity index (χ0) is 21.6. The normalized spacial score (nSPS) is 17.0. The van der Waals surface area contributed by atoms with Crippen LogP contribution in [0.2, 0.25) is 0 Å². The fraction of sp³-hybridized carbons (Fsp3) is 0.435. The molecule has 164 valence electrons. The van der Waals surface area contributed by atoms with Crippen molar-refractivity contribution in [3.8, 4) is 0 Å². The molecule has 31 heavy (non-hydrogen) atoms. The summed E-state index contributed by atoms with van der Waals surface area (Å²) in [6.45, 7) is 5.41. The molecule has 1 saturated heterocycles. The number of nitrogens with zero attached hydrogens (tertiary/aromatic N) is 2. The van der Waals surface area contributed by atoms with Crippen LogP contribution in [0, 0.1) is 5.92 Å². The lowest BCUT2D eigenvalue weighted by molar-refractivity contribution is -0.117. The molecule has 3 N–H and O–H groups in total. The van der Waals surface area contributed by atoms with Crippen molar-refractivity contribution in [1.82, 2.24) is 15.6 Å². The summed E-state index contributed by atoms with van der Waals surface area (Å²) in [7, 11) is 0. The molecule has 8 heteroatoms. The van der Waals surface area contributed by atoms with Crippen LogP contribution in [0.1, 0.15) is 36.9 Å². The van der Waals surface area contributed by atoms with Crippen LogP contribution >= 0.6 is 0 Å². The SMILES string of the molecule is CC(NC(=O)NCc1ccnc(N2CCOCC2)c1)c1ccc(NC(=O)C2CC2)cc1. The molecule has 2 heterocycles. The Hall–Kier alpha value is -3.13. The Kier molecular flexibility index (Phi) is 6.66. The summed E-state index contributed by atoms with van der Waals surface area (Å²) in [5.41, 5.74) is 2.75. The number of morpholine rings is 1. The highest BCUT2D eigenvalue weighted by molar-refractivity contribution is 5.94. The van der Waals surface area contributed by atoms with Gasteiger partial charge in [-0.3, -0.25) is 4.79 Å². The van der Waals surface area contributed by atoms with Gasteiger partial charge in [0.05, 0.1) is 19.3 Å². The molecular formula is C23H29N5O3. The summed E-state index contributed by atoms with van der Waals surface area (Å²) in [6.07, 6.45) is 3.73. The summed E-state index contributed by atoms with van der Waals surface area (Å²) >= 11 is 0. The van der Waals surface area contributed by atoms with E-state index in [-0.39, 0.29) is 23.9 Å². The van der Waals surface area contributed by atoms with E-state index in [1.807, 2.05) is 43.3 Å². The minimum absolute atomic E-state index is 0.0891. The molecule has 2 aliphatic rings. The number of carbonyl (C=O) groups excluding carboxylic acids is 2. The molecular weight excluding hydrogens is 394 g/mol. The molecule has 8 nitrogen and oxygen atoms in total. The van der Waals surface area contributed by atoms with Gasteiger partial charge in [-0.15, -0.1) is 0 Å². The highest BCUT2D eigenvalue weighted by Gasteiger charge is 2.29. The molecule has 1 aromatic heterocycles. The lowest BCUT2D eigenvalue weighted by Gasteiger charge is -2.28. The molecule has 1 unspecified atom stereocenters. The number of ether oxygens (including phenoxy) is 1. The number of urea groups is 1. The van der Waals surface area contributed by atoms with E-state index in [0.717, 1.165) is 48.6 Å². The predicted octanol–water partition coefficient (Wildman–Crippen LogP) is 2.83. The van der Waals surface area contributed by atoms with Crippen molar-refractivity contribution in [2.24, 2.45) is 5.92 Å². The summed E-state index contributed by atoms with van der Waals surface area (Å²) < 4.78 is 5.39. The van der Waals surface area contributed by atoms with Gasteiger partial charge in [0.15, 0.2) is 0 Å². The highest BCUT2D eigenvalue weighted by atomic mass is 16.5. The Morgan fingerprint density at radius 2 is 1.90 bits per heavy atom. The zero-order valence-electron chi connectivity index (χ0n) is 17.8. The molecule has 1 atom stereocenters. The number of hydrogen-bond donors (Lipinski definition) is 3. The number of nitrogens with one attached hydrogen (secondary N) is 3. The smallest absolute Gasteiger partial charge is 0.315 e. The van der Waals surface area contributed by atoms with Crippen LogP contribution in [0.4, 0.5) is 16.3 Å². The van der Waals surface area contributed by atoms with Gasteiger partial charge in [-0.2, -0.15) is 0 Å². The van der Waals surface area contributed by atoms with Crippen molar-refractivity contribution in [1.29, 1.82) is 0 Å². The number of amides is 3. The molecule has 0 bridgehead atoms. The third-order valence-corrected chi connectivity index (χ3v) is 5.57. The molecule has 4 rings (SSSR count). The van der Waals surface area contributed by atoms with Gasteiger partial charge in [-0.25, -0.2) is 9.78 Å². The van der Waals surface area contributed by atoms with Crippen LogP contribution < -0.4 is 20.9 Å². The molecule has 3 amide bonds. The van der Waals surface area contributed by atoms with Crippen molar-refractivity contribution < 1.29 is 14.3 Å². The van der Waals surface area contributed by atoms with E-state index in [1.165, 1.54) is 0 Å². The maximum atomic E-state index is 12.4. The number of benzene rings is 1. The Labute approximate surface area is 182 Å². The number of hydrogen-bond acceptors (Lipinski definition) is 5. The topological polar surface area (TPSA) is 95.6 Å². The monoisotopic (exact) mass is 423 g/mol. The second-order valence-corrected chi connectivity index (χ2v) is 8.06. The van der Waals surface area contributed by atoms with Gasteiger partial charge >= 0.3 is 6.03 Å². The molecule has 1 aromatic carbocycles. The van der Waals surface area contributed by atoms with E-state index < -0.39 is 0 Å². The van der Waals surface area contributed by atoms with E-state index in [0.29, 0.717) is 19.8 Å². The summed E-state index contributed by atoms with van der Waals surface area (Å²) in [5.74, 6) is 1.17. The lowest BCUT2D eigenvalue weighted by Crippen LogP contribution is -2.37. The van der Waals surface area contributed by atoms with Gasteiger partial charge < -0.3 is 25.6 Å². The minimum atomic E-state index is -0.233.